The lowest BCUT2D eigenvalue weighted by Gasteiger charge is -2.40. The van der Waals surface area contributed by atoms with E-state index in [1.165, 1.54) is 105 Å². The molecule has 2 heteroatoms. The molecule has 1 atom stereocenters. The van der Waals surface area contributed by atoms with Crippen LogP contribution >= 0.6 is 0 Å². The summed E-state index contributed by atoms with van der Waals surface area (Å²) >= 11 is 0. The number of para-hydroxylation sites is 3. The molecule has 310 valence electrons. The molecule has 2 nitrogen and oxygen atoms in total. The highest BCUT2D eigenvalue weighted by Crippen LogP contribution is 2.62. The summed E-state index contributed by atoms with van der Waals surface area (Å²) in [6.07, 6.45) is 0. The van der Waals surface area contributed by atoms with Gasteiger partial charge in [0, 0.05) is 33.2 Å². The van der Waals surface area contributed by atoms with E-state index in [1.807, 2.05) is 0 Å². The number of rotatable bonds is 5. The third kappa shape index (κ3) is 4.91. The first-order chi connectivity index (χ1) is 32.5. The fraction of sp³-hybridized carbons (Fsp3) is 0.0625. The molecular weight excluding hydrogens is 797 g/mol. The average Bonchev–Trinajstić information content (AvgIpc) is 3.95. The highest BCUT2D eigenvalue weighted by Gasteiger charge is 2.51. The van der Waals surface area contributed by atoms with E-state index in [9.17, 15) is 0 Å². The lowest BCUT2D eigenvalue weighted by molar-refractivity contribution is 0.660. The van der Waals surface area contributed by atoms with E-state index < -0.39 is 5.41 Å². The summed E-state index contributed by atoms with van der Waals surface area (Å²) in [5.41, 5.74) is 24.5. The van der Waals surface area contributed by atoms with E-state index in [0.29, 0.717) is 0 Å². The van der Waals surface area contributed by atoms with Crippen molar-refractivity contribution < 1.29 is 0 Å². The number of hydrogen-bond acceptors (Lipinski definition) is 1. The summed E-state index contributed by atoms with van der Waals surface area (Å²) in [6.45, 7) is 4.75. The molecule has 1 aromatic heterocycles. The summed E-state index contributed by atoms with van der Waals surface area (Å²) < 4.78 is 2.53. The SMILES string of the molecule is CC1(C)c2ccccc2-c2ccc(N(c3ccc(-c4ccccc4-c4ccccc4)cc3)c3ccc4c(c3)C3(c5ccccc5-4)c4ccccc4-n4c5ccccc5c5cccc3c54)cc21. The van der Waals surface area contributed by atoms with Crippen LogP contribution in [-0.4, -0.2) is 4.57 Å². The van der Waals surface area contributed by atoms with Crippen molar-refractivity contribution in [3.05, 3.63) is 264 Å². The molecule has 0 radical (unpaired) electrons. The largest absolute Gasteiger partial charge is 0.310 e. The molecule has 1 spiro atoms. The van der Waals surface area contributed by atoms with Crippen LogP contribution in [0.1, 0.15) is 47.2 Å². The van der Waals surface area contributed by atoms with E-state index in [0.717, 1.165) is 17.1 Å². The number of nitrogens with zero attached hydrogens (tertiary/aromatic N) is 2. The molecule has 0 amide bonds. The summed E-state index contributed by atoms with van der Waals surface area (Å²) in [6, 6.07) is 86.3. The van der Waals surface area contributed by atoms with Gasteiger partial charge in [-0.25, -0.2) is 0 Å². The Hall–Kier alpha value is -8.20. The van der Waals surface area contributed by atoms with Gasteiger partial charge in [-0.3, -0.25) is 0 Å². The van der Waals surface area contributed by atoms with Crippen LogP contribution in [0.3, 0.4) is 0 Å². The molecule has 0 saturated carbocycles. The van der Waals surface area contributed by atoms with Gasteiger partial charge in [0.25, 0.3) is 0 Å². The summed E-state index contributed by atoms with van der Waals surface area (Å²) in [7, 11) is 0. The maximum atomic E-state index is 2.53. The number of hydrogen-bond donors (Lipinski definition) is 0. The first-order valence-corrected chi connectivity index (χ1v) is 23.2. The standard InChI is InChI=1S/C64H44N2/c1-63(2)54-25-11-8-21-48(54)50-37-35-44(39-58(50)63)65(43-33-31-42(32-34-43)47-20-7-6-19-46(47)41-17-4-3-5-18-41)45-36-38-51-49-22-9-12-26-55(49)64(59(51)40-45)56-27-13-15-30-61(56)66-60-29-14-10-23-52(60)53-24-16-28-57(64)62(53)66/h3-40H,1-2H3. The van der Waals surface area contributed by atoms with Crippen LogP contribution in [-0.2, 0) is 10.8 Å². The van der Waals surface area contributed by atoms with E-state index in [2.05, 4.69) is 254 Å². The first-order valence-electron chi connectivity index (χ1n) is 23.2. The van der Waals surface area contributed by atoms with E-state index in [4.69, 9.17) is 0 Å². The molecule has 10 aromatic carbocycles. The van der Waals surface area contributed by atoms with E-state index in [1.54, 1.807) is 0 Å². The quantitative estimate of drug-likeness (QED) is 0.168. The molecule has 66 heavy (non-hydrogen) atoms. The van der Waals surface area contributed by atoms with Crippen molar-refractivity contribution in [1.29, 1.82) is 0 Å². The molecule has 0 N–H and O–H groups in total. The number of aromatic nitrogens is 1. The van der Waals surface area contributed by atoms with Crippen molar-refractivity contribution in [2.24, 2.45) is 0 Å². The Morgan fingerprint density at radius 2 is 0.833 bits per heavy atom. The monoisotopic (exact) mass is 840 g/mol. The van der Waals surface area contributed by atoms with Crippen LogP contribution in [0.25, 0.3) is 72.0 Å². The lowest BCUT2D eigenvalue weighted by atomic mass is 9.65. The fourth-order valence-electron chi connectivity index (χ4n) is 12.4. The van der Waals surface area contributed by atoms with Gasteiger partial charge in [-0.1, -0.05) is 196 Å². The number of benzene rings is 10. The second-order valence-electron chi connectivity index (χ2n) is 18.8. The zero-order valence-corrected chi connectivity index (χ0v) is 36.8. The van der Waals surface area contributed by atoms with E-state index >= 15 is 0 Å². The van der Waals surface area contributed by atoms with Gasteiger partial charge in [-0.2, -0.15) is 0 Å². The molecule has 3 aliphatic rings. The Labute approximate surface area is 385 Å². The number of anilines is 3. The van der Waals surface area contributed by atoms with Crippen molar-refractivity contribution in [3.8, 4) is 50.2 Å². The van der Waals surface area contributed by atoms with Gasteiger partial charge in [-0.15, -0.1) is 0 Å². The zero-order valence-electron chi connectivity index (χ0n) is 36.8. The van der Waals surface area contributed by atoms with Gasteiger partial charge in [0.2, 0.25) is 0 Å². The third-order valence-corrected chi connectivity index (χ3v) is 15.2. The van der Waals surface area contributed by atoms with Gasteiger partial charge < -0.3 is 9.47 Å². The minimum Gasteiger partial charge on any atom is -0.310 e. The molecular formula is C64H44N2. The molecule has 1 unspecified atom stereocenters. The van der Waals surface area contributed by atoms with Crippen LogP contribution in [0.5, 0.6) is 0 Å². The predicted octanol–water partition coefficient (Wildman–Crippen LogP) is 16.6. The van der Waals surface area contributed by atoms with Crippen LogP contribution in [0, 0.1) is 0 Å². The van der Waals surface area contributed by atoms with Crippen molar-refractivity contribution in [3.63, 3.8) is 0 Å². The smallest absolute Gasteiger partial charge is 0.0755 e. The second-order valence-corrected chi connectivity index (χ2v) is 18.8. The zero-order chi connectivity index (χ0) is 43.7. The minimum absolute atomic E-state index is 0.148. The van der Waals surface area contributed by atoms with Crippen molar-refractivity contribution >= 4 is 38.9 Å². The Morgan fingerprint density at radius 1 is 0.333 bits per heavy atom. The predicted molar refractivity (Wildman–Crippen MR) is 275 cm³/mol. The highest BCUT2D eigenvalue weighted by atomic mass is 15.1. The molecule has 0 fully saturated rings. The highest BCUT2D eigenvalue weighted by molar-refractivity contribution is 6.13. The summed E-state index contributed by atoms with van der Waals surface area (Å²) in [4.78, 5) is 2.50. The first kappa shape index (κ1) is 37.2. The molecule has 2 heterocycles. The van der Waals surface area contributed by atoms with Gasteiger partial charge in [0.05, 0.1) is 22.1 Å². The maximum Gasteiger partial charge on any atom is 0.0755 e. The Kier molecular flexibility index (Phi) is 7.70. The van der Waals surface area contributed by atoms with Gasteiger partial charge in [0.1, 0.15) is 0 Å². The molecule has 0 bridgehead atoms. The van der Waals surface area contributed by atoms with Gasteiger partial charge in [0.15, 0.2) is 0 Å². The van der Waals surface area contributed by atoms with Gasteiger partial charge >= 0.3 is 0 Å². The number of fused-ring (bicyclic) bond motifs is 15. The summed E-state index contributed by atoms with van der Waals surface area (Å²) in [5, 5.41) is 2.57. The van der Waals surface area contributed by atoms with E-state index in [-0.39, 0.29) is 5.41 Å². The van der Waals surface area contributed by atoms with Crippen LogP contribution in [0.2, 0.25) is 0 Å². The lowest BCUT2D eigenvalue weighted by Crippen LogP contribution is -2.33. The Balaban J connectivity index is 1.02. The third-order valence-electron chi connectivity index (χ3n) is 15.2. The van der Waals surface area contributed by atoms with Crippen LogP contribution in [0.4, 0.5) is 17.1 Å². The average molecular weight is 841 g/mol. The summed E-state index contributed by atoms with van der Waals surface area (Å²) in [5.74, 6) is 0. The second kappa shape index (κ2) is 13.7. The Bertz CT molecular complexity index is 3800. The van der Waals surface area contributed by atoms with Crippen molar-refractivity contribution in [2.75, 3.05) is 4.90 Å². The molecule has 2 aliphatic carbocycles. The van der Waals surface area contributed by atoms with Gasteiger partial charge in [-0.05, 0) is 126 Å². The molecule has 14 rings (SSSR count). The van der Waals surface area contributed by atoms with Crippen LogP contribution in [0.15, 0.2) is 231 Å². The molecule has 11 aromatic rings. The normalized spacial score (nSPS) is 15.6. The fourth-order valence-corrected chi connectivity index (χ4v) is 12.4. The minimum atomic E-state index is -0.555. The van der Waals surface area contributed by atoms with Crippen LogP contribution < -0.4 is 4.90 Å². The molecule has 1 aliphatic heterocycles. The molecule has 0 saturated heterocycles. The van der Waals surface area contributed by atoms with Crippen molar-refractivity contribution in [2.45, 2.75) is 24.7 Å². The maximum absolute atomic E-state index is 2.53. The topological polar surface area (TPSA) is 8.17 Å². The van der Waals surface area contributed by atoms with Crippen molar-refractivity contribution in [1.82, 2.24) is 4.57 Å². The Morgan fingerprint density at radius 3 is 1.58 bits per heavy atom.